The number of hydrogen-bond donors (Lipinski definition) is 3. The predicted molar refractivity (Wildman–Crippen MR) is 90.9 cm³/mol. The molecule has 3 atom stereocenters. The summed E-state index contributed by atoms with van der Waals surface area (Å²) in [4.78, 5) is 34.6. The van der Waals surface area contributed by atoms with Gasteiger partial charge in [-0.25, -0.2) is 0 Å². The number of benzene rings is 1. The molecule has 0 spiro atoms. The van der Waals surface area contributed by atoms with Crippen LogP contribution in [0.4, 0.5) is 0 Å². The Kier molecular flexibility index (Phi) is 8.12. The lowest BCUT2D eigenvalue weighted by atomic mass is 9.89. The molecule has 0 aliphatic rings. The fourth-order valence-corrected chi connectivity index (χ4v) is 2.57. The molecule has 0 fully saturated rings. The highest BCUT2D eigenvalue weighted by molar-refractivity contribution is 5.84. The first-order chi connectivity index (χ1) is 11.3. The van der Waals surface area contributed by atoms with Gasteiger partial charge in [0.05, 0.1) is 18.5 Å². The van der Waals surface area contributed by atoms with Crippen LogP contribution in [0.5, 0.6) is 0 Å². The van der Waals surface area contributed by atoms with Gasteiger partial charge in [0.2, 0.25) is 12.2 Å². The molecule has 6 heteroatoms. The third-order valence-electron chi connectivity index (χ3n) is 3.74. The van der Waals surface area contributed by atoms with E-state index in [4.69, 9.17) is 10.8 Å². The topological polar surface area (TPSA) is 109 Å². The zero-order valence-electron chi connectivity index (χ0n) is 14.1. The highest BCUT2D eigenvalue weighted by Crippen LogP contribution is 2.16. The van der Waals surface area contributed by atoms with E-state index >= 15 is 0 Å². The first-order valence-electron chi connectivity index (χ1n) is 8.02. The van der Waals surface area contributed by atoms with E-state index in [-0.39, 0.29) is 12.3 Å². The lowest BCUT2D eigenvalue weighted by Gasteiger charge is -2.24. The van der Waals surface area contributed by atoms with Crippen LogP contribution in [0.2, 0.25) is 0 Å². The molecule has 1 rings (SSSR count). The van der Waals surface area contributed by atoms with Crippen LogP contribution >= 0.6 is 0 Å². The first-order valence-corrected chi connectivity index (χ1v) is 8.02. The summed E-state index contributed by atoms with van der Waals surface area (Å²) in [7, 11) is 0. The van der Waals surface area contributed by atoms with Crippen molar-refractivity contribution in [2.24, 2.45) is 17.6 Å². The van der Waals surface area contributed by atoms with Crippen LogP contribution in [0.1, 0.15) is 32.3 Å². The molecule has 1 aromatic rings. The lowest BCUT2D eigenvalue weighted by Crippen LogP contribution is -2.49. The van der Waals surface area contributed by atoms with Gasteiger partial charge >= 0.3 is 5.97 Å². The Morgan fingerprint density at radius 3 is 2.38 bits per heavy atom. The van der Waals surface area contributed by atoms with Crippen molar-refractivity contribution in [1.29, 1.82) is 0 Å². The van der Waals surface area contributed by atoms with Gasteiger partial charge in [-0.3, -0.25) is 14.4 Å². The van der Waals surface area contributed by atoms with E-state index in [2.05, 4.69) is 5.32 Å². The molecule has 0 bridgehead atoms. The van der Waals surface area contributed by atoms with E-state index < -0.39 is 29.9 Å². The highest BCUT2D eigenvalue weighted by Gasteiger charge is 2.28. The first kappa shape index (κ1) is 19.8. The van der Waals surface area contributed by atoms with Gasteiger partial charge in [-0.2, -0.15) is 0 Å². The molecule has 0 heterocycles. The molecule has 131 valence electrons. The van der Waals surface area contributed by atoms with Crippen molar-refractivity contribution in [2.45, 2.75) is 45.2 Å². The SMILES string of the molecule is CC(C)C[C@H](N)C(=O)N[C@H]([C]=O)C(CC(=O)O)Cc1ccccc1. The van der Waals surface area contributed by atoms with E-state index in [1.165, 1.54) is 0 Å². The Balaban J connectivity index is 2.82. The Morgan fingerprint density at radius 2 is 1.88 bits per heavy atom. The Labute approximate surface area is 142 Å². The maximum atomic E-state index is 12.1. The fourth-order valence-electron chi connectivity index (χ4n) is 2.57. The molecule has 1 aromatic carbocycles. The smallest absolute Gasteiger partial charge is 0.303 e. The third kappa shape index (κ3) is 6.91. The Bertz CT molecular complexity index is 545. The Hall–Kier alpha value is -2.21. The minimum absolute atomic E-state index is 0.239. The van der Waals surface area contributed by atoms with Crippen molar-refractivity contribution in [1.82, 2.24) is 5.32 Å². The van der Waals surface area contributed by atoms with Gasteiger partial charge in [0, 0.05) is 5.92 Å². The lowest BCUT2D eigenvalue weighted by molar-refractivity contribution is -0.138. The van der Waals surface area contributed by atoms with Gasteiger partial charge in [-0.05, 0) is 24.3 Å². The maximum Gasteiger partial charge on any atom is 0.303 e. The molecule has 1 radical (unpaired) electrons. The number of rotatable bonds is 10. The normalized spacial score (nSPS) is 14.7. The summed E-state index contributed by atoms with van der Waals surface area (Å²) in [6, 6.07) is 7.49. The average molecular weight is 333 g/mol. The number of amides is 1. The molecule has 1 unspecified atom stereocenters. The number of carboxylic acid groups (broad SMARTS) is 1. The van der Waals surface area contributed by atoms with Gasteiger partial charge in [-0.1, -0.05) is 44.2 Å². The maximum absolute atomic E-state index is 12.1. The molecule has 0 aliphatic heterocycles. The summed E-state index contributed by atoms with van der Waals surface area (Å²) in [5, 5.41) is 11.6. The van der Waals surface area contributed by atoms with Crippen molar-refractivity contribution in [2.75, 3.05) is 0 Å². The molecule has 0 saturated heterocycles. The van der Waals surface area contributed by atoms with Gasteiger partial charge < -0.3 is 16.2 Å². The third-order valence-corrected chi connectivity index (χ3v) is 3.74. The summed E-state index contributed by atoms with van der Waals surface area (Å²) in [6.07, 6.45) is 2.36. The minimum atomic E-state index is -1.03. The van der Waals surface area contributed by atoms with Crippen LogP contribution in [0, 0.1) is 11.8 Å². The Morgan fingerprint density at radius 1 is 1.25 bits per heavy atom. The fraction of sp³-hybridized carbons (Fsp3) is 0.500. The molecule has 1 amide bonds. The van der Waals surface area contributed by atoms with Crippen LogP contribution in [0.3, 0.4) is 0 Å². The molecular formula is C18H25N2O4. The van der Waals surface area contributed by atoms with Gasteiger partial charge in [0.25, 0.3) is 0 Å². The summed E-state index contributed by atoms with van der Waals surface area (Å²) >= 11 is 0. The number of carbonyl (C=O) groups is 2. The minimum Gasteiger partial charge on any atom is -0.481 e. The van der Waals surface area contributed by atoms with Crippen LogP contribution in [0.15, 0.2) is 30.3 Å². The van der Waals surface area contributed by atoms with Gasteiger partial charge in [0.15, 0.2) is 0 Å². The molecule has 4 N–H and O–H groups in total. The second kappa shape index (κ2) is 9.82. The number of carbonyl (C=O) groups excluding carboxylic acids is 2. The van der Waals surface area contributed by atoms with Crippen LogP contribution in [-0.2, 0) is 20.8 Å². The summed E-state index contributed by atoms with van der Waals surface area (Å²) in [5.74, 6) is -1.83. The summed E-state index contributed by atoms with van der Waals surface area (Å²) < 4.78 is 0. The number of nitrogens with one attached hydrogen (secondary N) is 1. The van der Waals surface area contributed by atoms with E-state index in [1.807, 2.05) is 44.2 Å². The van der Waals surface area contributed by atoms with Crippen molar-refractivity contribution < 1.29 is 19.5 Å². The zero-order chi connectivity index (χ0) is 18.1. The molecule has 0 aromatic heterocycles. The largest absolute Gasteiger partial charge is 0.481 e. The highest BCUT2D eigenvalue weighted by atomic mass is 16.4. The second-order valence-corrected chi connectivity index (χ2v) is 6.39. The number of hydrogen-bond acceptors (Lipinski definition) is 4. The van der Waals surface area contributed by atoms with E-state index in [9.17, 15) is 14.4 Å². The number of nitrogens with two attached hydrogens (primary N) is 1. The standard InChI is InChI=1S/C18H25N2O4/c1-12(2)8-15(19)18(24)20-16(11-21)14(10-17(22)23)9-13-6-4-3-5-7-13/h3-7,12,14-16H,8-10,19H2,1-2H3,(H,20,24)(H,22,23)/t14?,15-,16+/m0/s1. The molecular weight excluding hydrogens is 308 g/mol. The summed E-state index contributed by atoms with van der Waals surface area (Å²) in [5.41, 5.74) is 6.71. The predicted octanol–water partition coefficient (Wildman–Crippen LogP) is 1.29. The quantitative estimate of drug-likeness (QED) is 0.598. The number of aliphatic carboxylic acids is 1. The molecule has 0 saturated carbocycles. The van der Waals surface area contributed by atoms with Crippen molar-refractivity contribution >= 4 is 18.2 Å². The van der Waals surface area contributed by atoms with Crippen LogP contribution < -0.4 is 11.1 Å². The van der Waals surface area contributed by atoms with E-state index in [0.29, 0.717) is 12.8 Å². The van der Waals surface area contributed by atoms with Gasteiger partial charge in [-0.15, -0.1) is 0 Å². The molecule has 0 aliphatic carbocycles. The molecule has 24 heavy (non-hydrogen) atoms. The van der Waals surface area contributed by atoms with Crippen molar-refractivity contribution in [3.8, 4) is 0 Å². The summed E-state index contributed by atoms with van der Waals surface area (Å²) in [6.45, 7) is 3.89. The monoisotopic (exact) mass is 333 g/mol. The van der Waals surface area contributed by atoms with E-state index in [1.54, 1.807) is 6.29 Å². The number of carboxylic acids is 1. The second-order valence-electron chi connectivity index (χ2n) is 6.39. The van der Waals surface area contributed by atoms with Crippen LogP contribution in [0.25, 0.3) is 0 Å². The van der Waals surface area contributed by atoms with Crippen molar-refractivity contribution in [3.63, 3.8) is 0 Å². The van der Waals surface area contributed by atoms with Crippen molar-refractivity contribution in [3.05, 3.63) is 35.9 Å². The van der Waals surface area contributed by atoms with E-state index in [0.717, 1.165) is 5.56 Å². The van der Waals surface area contributed by atoms with Gasteiger partial charge in [0.1, 0.15) is 0 Å². The average Bonchev–Trinajstić information content (AvgIpc) is 2.51. The molecule has 6 nitrogen and oxygen atoms in total. The zero-order valence-corrected chi connectivity index (χ0v) is 14.1. The van der Waals surface area contributed by atoms with Crippen LogP contribution in [-0.4, -0.2) is 35.4 Å².